The van der Waals surface area contributed by atoms with E-state index in [0.29, 0.717) is 6.54 Å². The van der Waals surface area contributed by atoms with Crippen LogP contribution < -0.4 is 15.4 Å². The zero-order chi connectivity index (χ0) is 16.7. The maximum atomic E-state index is 12.1. The van der Waals surface area contributed by atoms with Gasteiger partial charge in [-0.15, -0.1) is 0 Å². The van der Waals surface area contributed by atoms with Gasteiger partial charge in [-0.25, -0.2) is 0 Å². The molecule has 0 saturated heterocycles. The SMILES string of the molecule is CNC(=O)[C@H](NCc1ccc(OC(F)F)cc1)c1ccccc1. The Hall–Kier alpha value is -2.47. The van der Waals surface area contributed by atoms with Gasteiger partial charge >= 0.3 is 6.61 Å². The number of carbonyl (C=O) groups is 1. The van der Waals surface area contributed by atoms with Crippen LogP contribution in [0.25, 0.3) is 0 Å². The second-order valence-electron chi connectivity index (χ2n) is 4.86. The summed E-state index contributed by atoms with van der Waals surface area (Å²) in [6, 6.07) is 15.2. The second-order valence-corrected chi connectivity index (χ2v) is 4.86. The summed E-state index contributed by atoms with van der Waals surface area (Å²) < 4.78 is 28.5. The van der Waals surface area contributed by atoms with Crippen molar-refractivity contribution in [3.05, 3.63) is 65.7 Å². The van der Waals surface area contributed by atoms with E-state index in [1.165, 1.54) is 12.1 Å². The predicted octanol–water partition coefficient (Wildman–Crippen LogP) is 2.86. The smallest absolute Gasteiger partial charge is 0.387 e. The minimum atomic E-state index is -2.84. The molecule has 2 rings (SSSR count). The van der Waals surface area contributed by atoms with Gasteiger partial charge in [-0.3, -0.25) is 10.1 Å². The Labute approximate surface area is 133 Å². The Bertz CT molecular complexity index is 618. The van der Waals surface area contributed by atoms with Crippen LogP contribution in [0.5, 0.6) is 5.75 Å². The number of likely N-dealkylation sites (N-methyl/N-ethyl adjacent to an activating group) is 1. The lowest BCUT2D eigenvalue weighted by molar-refractivity contribution is -0.122. The van der Waals surface area contributed by atoms with Gasteiger partial charge in [0.2, 0.25) is 5.91 Å². The highest BCUT2D eigenvalue weighted by Crippen LogP contribution is 2.17. The minimum absolute atomic E-state index is 0.106. The van der Waals surface area contributed by atoms with E-state index in [-0.39, 0.29) is 11.7 Å². The van der Waals surface area contributed by atoms with Crippen molar-refractivity contribution < 1.29 is 18.3 Å². The van der Waals surface area contributed by atoms with E-state index in [2.05, 4.69) is 15.4 Å². The van der Waals surface area contributed by atoms with Crippen LogP contribution in [-0.2, 0) is 11.3 Å². The standard InChI is InChI=1S/C17H18F2N2O2/c1-20-16(22)15(13-5-3-2-4-6-13)21-11-12-7-9-14(10-8-12)23-17(18)19/h2-10,15,17,21H,11H2,1H3,(H,20,22)/t15-/m1/s1. The summed E-state index contributed by atoms with van der Waals surface area (Å²) in [4.78, 5) is 12.0. The number of nitrogens with one attached hydrogen (secondary N) is 2. The summed E-state index contributed by atoms with van der Waals surface area (Å²) >= 11 is 0. The molecule has 2 aromatic carbocycles. The molecule has 0 aliphatic rings. The van der Waals surface area contributed by atoms with Crippen molar-refractivity contribution in [2.75, 3.05) is 7.05 Å². The van der Waals surface area contributed by atoms with Gasteiger partial charge in [-0.2, -0.15) is 8.78 Å². The molecule has 6 heteroatoms. The highest BCUT2D eigenvalue weighted by atomic mass is 19.3. The van der Waals surface area contributed by atoms with Gasteiger partial charge in [0.05, 0.1) is 0 Å². The topological polar surface area (TPSA) is 50.4 Å². The van der Waals surface area contributed by atoms with E-state index >= 15 is 0 Å². The third-order valence-electron chi connectivity index (χ3n) is 3.30. The molecule has 0 saturated carbocycles. The van der Waals surface area contributed by atoms with Crippen LogP contribution in [0.1, 0.15) is 17.2 Å². The van der Waals surface area contributed by atoms with Gasteiger partial charge in [-0.05, 0) is 23.3 Å². The minimum Gasteiger partial charge on any atom is -0.435 e. The monoisotopic (exact) mass is 320 g/mol. The molecule has 1 atom stereocenters. The van der Waals surface area contributed by atoms with E-state index in [4.69, 9.17) is 0 Å². The molecule has 1 amide bonds. The molecule has 0 aliphatic carbocycles. The second kappa shape index (κ2) is 8.24. The molecule has 0 bridgehead atoms. The number of hydrogen-bond acceptors (Lipinski definition) is 3. The molecule has 2 aromatic rings. The van der Waals surface area contributed by atoms with E-state index in [0.717, 1.165) is 11.1 Å². The molecule has 23 heavy (non-hydrogen) atoms. The fraction of sp³-hybridized carbons (Fsp3) is 0.235. The number of ether oxygens (including phenoxy) is 1. The molecule has 4 nitrogen and oxygen atoms in total. The largest absolute Gasteiger partial charge is 0.435 e. The first-order valence-corrected chi connectivity index (χ1v) is 7.14. The molecular weight excluding hydrogens is 302 g/mol. The average Bonchev–Trinajstić information content (AvgIpc) is 2.56. The lowest BCUT2D eigenvalue weighted by atomic mass is 10.1. The highest BCUT2D eigenvalue weighted by molar-refractivity contribution is 5.82. The lowest BCUT2D eigenvalue weighted by Crippen LogP contribution is -2.35. The van der Waals surface area contributed by atoms with Crippen molar-refractivity contribution in [3.8, 4) is 5.75 Å². The Balaban J connectivity index is 2.02. The van der Waals surface area contributed by atoms with Crippen molar-refractivity contribution in [3.63, 3.8) is 0 Å². The Morgan fingerprint density at radius 2 is 1.74 bits per heavy atom. The maximum absolute atomic E-state index is 12.1. The molecule has 0 spiro atoms. The first kappa shape index (κ1) is 16.9. The number of benzene rings is 2. The number of rotatable bonds is 7. The zero-order valence-electron chi connectivity index (χ0n) is 12.6. The van der Waals surface area contributed by atoms with Gasteiger partial charge in [0.1, 0.15) is 11.8 Å². The van der Waals surface area contributed by atoms with Crippen molar-refractivity contribution in [1.29, 1.82) is 0 Å². The Kier molecular flexibility index (Phi) is 6.05. The zero-order valence-corrected chi connectivity index (χ0v) is 12.6. The van der Waals surface area contributed by atoms with E-state index in [1.54, 1.807) is 19.2 Å². The predicted molar refractivity (Wildman–Crippen MR) is 83.2 cm³/mol. The van der Waals surface area contributed by atoms with E-state index < -0.39 is 12.7 Å². The molecule has 0 unspecified atom stereocenters. The first-order valence-electron chi connectivity index (χ1n) is 7.14. The lowest BCUT2D eigenvalue weighted by Gasteiger charge is -2.18. The summed E-state index contributed by atoms with van der Waals surface area (Å²) in [5.74, 6) is -0.0384. The van der Waals surface area contributed by atoms with Crippen LogP contribution in [0.4, 0.5) is 8.78 Å². The quantitative estimate of drug-likeness (QED) is 0.825. The molecule has 122 valence electrons. The van der Waals surface area contributed by atoms with Gasteiger partial charge in [-0.1, -0.05) is 42.5 Å². The summed E-state index contributed by atoms with van der Waals surface area (Å²) in [5.41, 5.74) is 1.71. The average molecular weight is 320 g/mol. The number of hydrogen-bond donors (Lipinski definition) is 2. The first-order chi connectivity index (χ1) is 11.1. The fourth-order valence-electron chi connectivity index (χ4n) is 2.16. The molecule has 0 heterocycles. The van der Waals surface area contributed by atoms with Gasteiger partial charge in [0.15, 0.2) is 0 Å². The van der Waals surface area contributed by atoms with Crippen molar-refractivity contribution in [1.82, 2.24) is 10.6 Å². The summed E-state index contributed by atoms with van der Waals surface area (Å²) in [6.07, 6.45) is 0. The fourth-order valence-corrected chi connectivity index (χ4v) is 2.16. The maximum Gasteiger partial charge on any atom is 0.387 e. The number of alkyl halides is 2. The van der Waals surface area contributed by atoms with Crippen LogP contribution in [0, 0.1) is 0 Å². The van der Waals surface area contributed by atoms with Crippen LogP contribution in [0.3, 0.4) is 0 Å². The molecular formula is C17H18F2N2O2. The van der Waals surface area contributed by atoms with E-state index in [9.17, 15) is 13.6 Å². The third-order valence-corrected chi connectivity index (χ3v) is 3.30. The number of halogens is 2. The van der Waals surface area contributed by atoms with Crippen LogP contribution in [0.15, 0.2) is 54.6 Å². The molecule has 2 N–H and O–H groups in total. The normalized spacial score (nSPS) is 12.0. The Morgan fingerprint density at radius 3 is 2.30 bits per heavy atom. The summed E-state index contributed by atoms with van der Waals surface area (Å²) in [6.45, 7) is -2.42. The van der Waals surface area contributed by atoms with Crippen LogP contribution in [0.2, 0.25) is 0 Å². The summed E-state index contributed by atoms with van der Waals surface area (Å²) in [7, 11) is 1.58. The molecule has 0 aromatic heterocycles. The Morgan fingerprint density at radius 1 is 1.09 bits per heavy atom. The molecule has 0 aliphatic heterocycles. The third kappa shape index (κ3) is 5.03. The van der Waals surface area contributed by atoms with Gasteiger partial charge in [0, 0.05) is 13.6 Å². The van der Waals surface area contributed by atoms with Crippen LogP contribution in [-0.4, -0.2) is 19.6 Å². The van der Waals surface area contributed by atoms with Crippen molar-refractivity contribution >= 4 is 5.91 Å². The number of amides is 1. The molecule has 0 radical (unpaired) electrons. The van der Waals surface area contributed by atoms with Gasteiger partial charge < -0.3 is 10.1 Å². The van der Waals surface area contributed by atoms with Crippen molar-refractivity contribution in [2.24, 2.45) is 0 Å². The highest BCUT2D eigenvalue weighted by Gasteiger charge is 2.18. The summed E-state index contributed by atoms with van der Waals surface area (Å²) in [5, 5.41) is 5.79. The van der Waals surface area contributed by atoms with Gasteiger partial charge in [0.25, 0.3) is 0 Å². The van der Waals surface area contributed by atoms with Crippen LogP contribution >= 0.6 is 0 Å². The molecule has 0 fully saturated rings. The van der Waals surface area contributed by atoms with E-state index in [1.807, 2.05) is 30.3 Å². The number of carbonyl (C=O) groups excluding carboxylic acids is 1. The van der Waals surface area contributed by atoms with Crippen molar-refractivity contribution in [2.45, 2.75) is 19.2 Å².